The summed E-state index contributed by atoms with van der Waals surface area (Å²) in [4.78, 5) is 41.1. The van der Waals surface area contributed by atoms with Crippen molar-refractivity contribution >= 4 is 63.3 Å². The highest BCUT2D eigenvalue weighted by atomic mass is 32.1. The van der Waals surface area contributed by atoms with Crippen LogP contribution in [0.5, 0.6) is 11.5 Å². The molecule has 2 heterocycles. The van der Waals surface area contributed by atoms with Crippen molar-refractivity contribution < 1.29 is 24.2 Å². The molecule has 2 aromatic heterocycles. The zero-order chi connectivity index (χ0) is 41.3. The molecule has 0 saturated carbocycles. The lowest BCUT2D eigenvalue weighted by Gasteiger charge is -2.26. The van der Waals surface area contributed by atoms with Crippen LogP contribution in [0.25, 0.3) is 22.1 Å². The van der Waals surface area contributed by atoms with Gasteiger partial charge >= 0.3 is 5.97 Å². The number of carbonyl (C=O) groups excluding carboxylic acids is 1. The fourth-order valence-electron chi connectivity index (χ4n) is 6.43. The highest BCUT2D eigenvalue weighted by Gasteiger charge is 2.15. The Morgan fingerprint density at radius 2 is 1.26 bits per heavy atom. The summed E-state index contributed by atoms with van der Waals surface area (Å²) in [6, 6.07) is 31.6. The molecular weight excluding hydrogens is 771 g/mol. The smallest absolute Gasteiger partial charge is 0.303 e. The Hall–Kier alpha value is -6.15. The Kier molecular flexibility index (Phi) is 16.3. The summed E-state index contributed by atoms with van der Waals surface area (Å²) in [5.74, 6) is 0.431. The van der Waals surface area contributed by atoms with Crippen LogP contribution in [0.3, 0.4) is 0 Å². The number of ether oxygens (including phenoxy) is 2. The van der Waals surface area contributed by atoms with E-state index in [2.05, 4.69) is 34.5 Å². The van der Waals surface area contributed by atoms with E-state index in [0.29, 0.717) is 11.1 Å². The number of methoxy groups -OCH3 is 2. The molecule has 11 nitrogen and oxygen atoms in total. The third-order valence-corrected chi connectivity index (χ3v) is 11.7. The minimum atomic E-state index is -0.741. The number of nitrogens with one attached hydrogen (secondary N) is 1. The number of carbonyl (C=O) groups is 2. The van der Waals surface area contributed by atoms with Crippen molar-refractivity contribution in [1.82, 2.24) is 9.88 Å². The topological polar surface area (TPSA) is 158 Å². The molecule has 0 bridgehead atoms. The first-order valence-electron chi connectivity index (χ1n) is 19.3. The van der Waals surface area contributed by atoms with Gasteiger partial charge in [-0.2, -0.15) is 10.5 Å². The van der Waals surface area contributed by atoms with Gasteiger partial charge in [0, 0.05) is 39.8 Å². The number of benzene rings is 3. The molecular formula is C45H47N5O6S2. The molecule has 0 radical (unpaired) electrons. The van der Waals surface area contributed by atoms with Crippen molar-refractivity contribution in [3.63, 3.8) is 0 Å². The van der Waals surface area contributed by atoms with Crippen LogP contribution in [0.4, 0.5) is 17.1 Å². The highest BCUT2D eigenvalue weighted by molar-refractivity contribution is 7.16. The van der Waals surface area contributed by atoms with Gasteiger partial charge in [-0.15, -0.1) is 22.7 Å². The summed E-state index contributed by atoms with van der Waals surface area (Å²) in [6.07, 6.45) is 10.8. The molecule has 0 spiro atoms. The minimum absolute atomic E-state index is 0.157. The Labute approximate surface area is 346 Å². The molecule has 0 aliphatic rings. The Morgan fingerprint density at radius 3 is 1.78 bits per heavy atom. The minimum Gasteiger partial charge on any atom is -0.497 e. The molecule has 0 fully saturated rings. The van der Waals surface area contributed by atoms with Crippen LogP contribution in [0.2, 0.25) is 0 Å². The van der Waals surface area contributed by atoms with Gasteiger partial charge in [0.2, 0.25) is 5.91 Å². The maximum Gasteiger partial charge on any atom is 0.303 e. The molecule has 0 unspecified atom stereocenters. The highest BCUT2D eigenvalue weighted by Crippen LogP contribution is 2.38. The lowest BCUT2D eigenvalue weighted by atomic mass is 10.1. The van der Waals surface area contributed by atoms with E-state index in [0.717, 1.165) is 113 Å². The van der Waals surface area contributed by atoms with Gasteiger partial charge in [-0.05, 0) is 97.3 Å². The van der Waals surface area contributed by atoms with Gasteiger partial charge in [0.1, 0.15) is 34.8 Å². The average Bonchev–Trinajstić information content (AvgIpc) is 3.83. The van der Waals surface area contributed by atoms with Gasteiger partial charge in [-0.3, -0.25) is 19.0 Å². The summed E-state index contributed by atoms with van der Waals surface area (Å²) in [5.41, 5.74) is 3.21. The number of aromatic nitrogens is 1. The number of thiazole rings is 1. The van der Waals surface area contributed by atoms with Gasteiger partial charge in [0.05, 0.1) is 18.8 Å². The molecule has 3 aromatic carbocycles. The van der Waals surface area contributed by atoms with E-state index in [1.807, 2.05) is 72.8 Å². The van der Waals surface area contributed by atoms with Crippen molar-refractivity contribution in [2.45, 2.75) is 70.8 Å². The summed E-state index contributed by atoms with van der Waals surface area (Å²) in [5, 5.41) is 30.9. The predicted octanol–water partition coefficient (Wildman–Crippen LogP) is 8.25. The molecule has 13 heteroatoms. The van der Waals surface area contributed by atoms with E-state index < -0.39 is 11.5 Å². The molecule has 58 heavy (non-hydrogen) atoms. The number of nitrogens with zero attached hydrogens (tertiary/aromatic N) is 4. The second-order valence-corrected chi connectivity index (χ2v) is 15.7. The molecule has 0 atom stereocenters. The SMILES string of the molecule is COc1ccc(N(c2ccc(OC)cc2)c2ccc(-c3ccc(/C=c4/sc(=C(C#N)C#N)n(CC(=O)NCCCCCCCCCCCC(=O)O)c4=O)s3)cc2)cc1. The second kappa shape index (κ2) is 22.0. The first kappa shape index (κ1) is 43.0. The lowest BCUT2D eigenvalue weighted by molar-refractivity contribution is -0.137. The van der Waals surface area contributed by atoms with Crippen molar-refractivity contribution in [3.8, 4) is 34.1 Å². The number of hydrogen-bond acceptors (Lipinski definition) is 10. The van der Waals surface area contributed by atoms with E-state index in [9.17, 15) is 24.9 Å². The van der Waals surface area contributed by atoms with Gasteiger partial charge in [0.25, 0.3) is 5.56 Å². The number of anilines is 3. The number of aliphatic carboxylic acids is 1. The third kappa shape index (κ3) is 11.9. The summed E-state index contributed by atoms with van der Waals surface area (Å²) in [7, 11) is 3.28. The average molecular weight is 818 g/mol. The Morgan fingerprint density at radius 1 is 0.741 bits per heavy atom. The molecule has 5 rings (SSSR count). The first-order chi connectivity index (χ1) is 28.2. The van der Waals surface area contributed by atoms with Crippen molar-refractivity contribution in [1.29, 1.82) is 10.5 Å². The number of carboxylic acid groups (broad SMARTS) is 1. The zero-order valence-corrected chi connectivity index (χ0v) is 34.4. The van der Waals surface area contributed by atoms with E-state index >= 15 is 0 Å². The fourth-order valence-corrected chi connectivity index (χ4v) is 8.51. The maximum absolute atomic E-state index is 13.6. The number of amides is 1. The van der Waals surface area contributed by atoms with Gasteiger partial charge < -0.3 is 24.8 Å². The van der Waals surface area contributed by atoms with Crippen LogP contribution in [0.15, 0.2) is 89.7 Å². The third-order valence-electron chi connectivity index (χ3n) is 9.51. The molecule has 2 N–H and O–H groups in total. The van der Waals surface area contributed by atoms with Crippen LogP contribution >= 0.6 is 22.7 Å². The van der Waals surface area contributed by atoms with Crippen LogP contribution in [0, 0.1) is 22.7 Å². The Bertz CT molecular complexity index is 2340. The van der Waals surface area contributed by atoms with E-state index in [1.165, 1.54) is 15.9 Å². The van der Waals surface area contributed by atoms with Crippen molar-refractivity contribution in [2.24, 2.45) is 0 Å². The maximum atomic E-state index is 13.6. The Balaban J connectivity index is 1.25. The number of unbranched alkanes of at least 4 members (excludes halogenated alkanes) is 8. The number of thiophene rings is 1. The van der Waals surface area contributed by atoms with Gasteiger partial charge in [-0.25, -0.2) is 0 Å². The zero-order valence-electron chi connectivity index (χ0n) is 32.7. The molecule has 5 aromatic rings. The molecule has 0 aliphatic carbocycles. The number of carboxylic acids is 1. The molecule has 300 valence electrons. The monoisotopic (exact) mass is 817 g/mol. The number of rotatable bonds is 21. The number of nitriles is 2. The normalized spacial score (nSPS) is 11.1. The van der Waals surface area contributed by atoms with Gasteiger partial charge in [-0.1, -0.05) is 57.1 Å². The van der Waals surface area contributed by atoms with Crippen LogP contribution in [-0.4, -0.2) is 42.3 Å². The van der Waals surface area contributed by atoms with Crippen molar-refractivity contribution in [3.05, 3.63) is 109 Å². The lowest BCUT2D eigenvalue weighted by Crippen LogP contribution is -2.38. The molecule has 0 aliphatic heterocycles. The predicted molar refractivity (Wildman–Crippen MR) is 230 cm³/mol. The van der Waals surface area contributed by atoms with E-state index in [4.69, 9.17) is 14.6 Å². The second-order valence-electron chi connectivity index (χ2n) is 13.6. The largest absolute Gasteiger partial charge is 0.497 e. The van der Waals surface area contributed by atoms with Crippen LogP contribution in [-0.2, 0) is 16.1 Å². The molecule has 1 amide bonds. The number of hydrogen-bond donors (Lipinski definition) is 2. The van der Waals surface area contributed by atoms with Crippen LogP contribution < -0.4 is 34.4 Å². The first-order valence-corrected chi connectivity index (χ1v) is 20.9. The fraction of sp³-hybridized carbons (Fsp3) is 0.311. The quantitative estimate of drug-likeness (QED) is 0.0696. The van der Waals surface area contributed by atoms with Crippen molar-refractivity contribution in [2.75, 3.05) is 25.7 Å². The summed E-state index contributed by atoms with van der Waals surface area (Å²) >= 11 is 2.53. The van der Waals surface area contributed by atoms with Crippen LogP contribution in [0.1, 0.15) is 69.1 Å². The summed E-state index contributed by atoms with van der Waals surface area (Å²) in [6.45, 7) is 0.174. The molecule has 0 saturated heterocycles. The standard InChI is InChI=1S/C45H47N5O6S2/c1-55-37-21-17-35(18-22-37)50(36-19-23-38(56-2)24-20-36)34-15-13-32(14-16-34)40-26-25-39(57-40)28-41-44(54)49(45(58-41)33(29-46)30-47)31-42(51)48-27-11-9-7-5-3-4-6-8-10-12-43(52)53/h13-26,28H,3-12,27,31H2,1-2H3,(H,48,51)(H,52,53)/b41-28+. The van der Waals surface area contributed by atoms with E-state index in [-0.39, 0.29) is 29.1 Å². The summed E-state index contributed by atoms with van der Waals surface area (Å²) < 4.78 is 12.5. The van der Waals surface area contributed by atoms with E-state index in [1.54, 1.807) is 20.3 Å². The van der Waals surface area contributed by atoms with Gasteiger partial charge in [0.15, 0.2) is 5.57 Å².